The summed E-state index contributed by atoms with van der Waals surface area (Å²) >= 11 is 6.18. The summed E-state index contributed by atoms with van der Waals surface area (Å²) in [4.78, 5) is 25.0. The van der Waals surface area contributed by atoms with Gasteiger partial charge in [-0.15, -0.1) is 0 Å². The highest BCUT2D eigenvalue weighted by molar-refractivity contribution is 6.35. The summed E-state index contributed by atoms with van der Waals surface area (Å²) in [6.45, 7) is 1.76. The molecule has 0 saturated carbocycles. The third-order valence-electron chi connectivity index (χ3n) is 3.63. The minimum Gasteiger partial charge on any atom is -0.465 e. The van der Waals surface area contributed by atoms with Crippen molar-refractivity contribution in [3.63, 3.8) is 0 Å². The van der Waals surface area contributed by atoms with Crippen LogP contribution in [0.15, 0.2) is 51.7 Å². The van der Waals surface area contributed by atoms with Crippen molar-refractivity contribution in [1.82, 2.24) is 0 Å². The van der Waals surface area contributed by atoms with E-state index in [2.05, 4.69) is 0 Å². The summed E-state index contributed by atoms with van der Waals surface area (Å²) in [5.74, 6) is -0.582. The van der Waals surface area contributed by atoms with Crippen molar-refractivity contribution in [3.05, 3.63) is 68.8 Å². The Morgan fingerprint density at radius 2 is 1.83 bits per heavy atom. The summed E-state index contributed by atoms with van der Waals surface area (Å²) < 4.78 is 10.6. The molecular formula is C18H13ClO4. The maximum Gasteiger partial charge on any atom is 0.345 e. The minimum absolute atomic E-state index is 0.128. The predicted molar refractivity (Wildman–Crippen MR) is 89.0 cm³/mol. The SMILES string of the molecule is COC(=O)c1c(-c2ccccc2)oc2c(Cl)ccc(C)c2c1=O. The first-order chi connectivity index (χ1) is 11.0. The Kier molecular flexibility index (Phi) is 3.92. The van der Waals surface area contributed by atoms with Crippen LogP contribution in [0.5, 0.6) is 0 Å². The van der Waals surface area contributed by atoms with E-state index in [0.717, 1.165) is 0 Å². The van der Waals surface area contributed by atoms with Crippen molar-refractivity contribution in [3.8, 4) is 11.3 Å². The Morgan fingerprint density at radius 1 is 1.13 bits per heavy atom. The molecule has 0 spiro atoms. The Hall–Kier alpha value is -2.59. The average molecular weight is 329 g/mol. The second-order valence-electron chi connectivity index (χ2n) is 5.06. The molecule has 0 unspecified atom stereocenters. The summed E-state index contributed by atoms with van der Waals surface area (Å²) in [6, 6.07) is 12.3. The topological polar surface area (TPSA) is 56.5 Å². The number of ether oxygens (including phenoxy) is 1. The number of aryl methyl sites for hydroxylation is 1. The highest BCUT2D eigenvalue weighted by atomic mass is 35.5. The van der Waals surface area contributed by atoms with Crippen LogP contribution in [0, 0.1) is 6.92 Å². The largest absolute Gasteiger partial charge is 0.465 e. The zero-order valence-corrected chi connectivity index (χ0v) is 13.3. The van der Waals surface area contributed by atoms with Crippen LogP contribution in [0.3, 0.4) is 0 Å². The Morgan fingerprint density at radius 3 is 2.48 bits per heavy atom. The second kappa shape index (κ2) is 5.89. The van der Waals surface area contributed by atoms with E-state index in [4.69, 9.17) is 20.8 Å². The van der Waals surface area contributed by atoms with Crippen molar-refractivity contribution in [2.24, 2.45) is 0 Å². The van der Waals surface area contributed by atoms with Gasteiger partial charge in [-0.05, 0) is 18.6 Å². The number of benzene rings is 2. The zero-order chi connectivity index (χ0) is 16.6. The quantitative estimate of drug-likeness (QED) is 0.661. The van der Waals surface area contributed by atoms with Crippen LogP contribution >= 0.6 is 11.6 Å². The lowest BCUT2D eigenvalue weighted by Gasteiger charge is -2.10. The number of halogens is 1. The van der Waals surface area contributed by atoms with E-state index in [9.17, 15) is 9.59 Å². The summed E-state index contributed by atoms with van der Waals surface area (Å²) in [6.07, 6.45) is 0. The van der Waals surface area contributed by atoms with E-state index < -0.39 is 11.4 Å². The zero-order valence-electron chi connectivity index (χ0n) is 12.6. The van der Waals surface area contributed by atoms with E-state index >= 15 is 0 Å². The smallest absolute Gasteiger partial charge is 0.345 e. The second-order valence-corrected chi connectivity index (χ2v) is 5.47. The minimum atomic E-state index is -0.737. The Labute approximate surface area is 137 Å². The molecule has 5 heteroatoms. The molecule has 1 aromatic heterocycles. The average Bonchev–Trinajstić information content (AvgIpc) is 2.57. The van der Waals surface area contributed by atoms with Crippen molar-refractivity contribution < 1.29 is 13.9 Å². The molecule has 0 bridgehead atoms. The first-order valence-electron chi connectivity index (χ1n) is 6.94. The molecule has 0 aliphatic heterocycles. The molecule has 0 atom stereocenters. The first-order valence-corrected chi connectivity index (χ1v) is 7.32. The molecule has 0 saturated heterocycles. The lowest BCUT2D eigenvalue weighted by molar-refractivity contribution is 0.0598. The maximum atomic E-state index is 12.9. The molecule has 3 aromatic rings. The standard InChI is InChI=1S/C18H13ClO4/c1-10-8-9-12(19)17-13(10)15(20)14(18(21)22-2)16(23-17)11-6-4-3-5-7-11/h3-9H,1-2H3. The molecule has 0 amide bonds. The number of fused-ring (bicyclic) bond motifs is 1. The van der Waals surface area contributed by atoms with Crippen molar-refractivity contribution in [1.29, 1.82) is 0 Å². The van der Waals surface area contributed by atoms with Crippen LogP contribution < -0.4 is 5.43 Å². The number of hydrogen-bond donors (Lipinski definition) is 0. The van der Waals surface area contributed by atoms with Crippen molar-refractivity contribution >= 4 is 28.5 Å². The van der Waals surface area contributed by atoms with Crippen LogP contribution in [0.4, 0.5) is 0 Å². The lowest BCUT2D eigenvalue weighted by Crippen LogP contribution is -2.19. The number of rotatable bonds is 2. The summed E-state index contributed by atoms with van der Waals surface area (Å²) in [5, 5.41) is 0.605. The molecule has 3 rings (SSSR count). The monoisotopic (exact) mass is 328 g/mol. The van der Waals surface area contributed by atoms with E-state index in [0.29, 0.717) is 16.1 Å². The van der Waals surface area contributed by atoms with Gasteiger partial charge in [-0.3, -0.25) is 4.79 Å². The van der Waals surface area contributed by atoms with Crippen molar-refractivity contribution in [2.75, 3.05) is 7.11 Å². The van der Waals surface area contributed by atoms with Gasteiger partial charge in [-0.25, -0.2) is 4.79 Å². The fraction of sp³-hybridized carbons (Fsp3) is 0.111. The number of esters is 1. The van der Waals surface area contributed by atoms with Gasteiger partial charge in [0.25, 0.3) is 0 Å². The fourth-order valence-electron chi connectivity index (χ4n) is 2.50. The van der Waals surface area contributed by atoms with Gasteiger partial charge in [0.05, 0.1) is 17.5 Å². The number of carbonyl (C=O) groups is 1. The molecule has 0 fully saturated rings. The van der Waals surface area contributed by atoms with Gasteiger partial charge in [-0.2, -0.15) is 0 Å². The van der Waals surface area contributed by atoms with Gasteiger partial charge in [-0.1, -0.05) is 48.0 Å². The highest BCUT2D eigenvalue weighted by Crippen LogP contribution is 2.31. The molecule has 23 heavy (non-hydrogen) atoms. The van der Waals surface area contributed by atoms with Crippen LogP contribution in [0.2, 0.25) is 5.02 Å². The summed E-state index contributed by atoms with van der Waals surface area (Å²) in [7, 11) is 1.23. The van der Waals surface area contributed by atoms with Gasteiger partial charge in [0, 0.05) is 5.56 Å². The molecule has 0 N–H and O–H groups in total. The lowest BCUT2D eigenvalue weighted by atomic mass is 10.0. The van der Waals surface area contributed by atoms with Gasteiger partial charge < -0.3 is 9.15 Å². The number of carbonyl (C=O) groups excluding carboxylic acids is 1. The maximum absolute atomic E-state index is 12.9. The molecule has 2 aromatic carbocycles. The van der Waals surface area contributed by atoms with Crippen LogP contribution in [0.1, 0.15) is 15.9 Å². The van der Waals surface area contributed by atoms with Gasteiger partial charge in [0.2, 0.25) is 5.43 Å². The van der Waals surface area contributed by atoms with Gasteiger partial charge in [0.15, 0.2) is 16.9 Å². The summed E-state index contributed by atoms with van der Waals surface area (Å²) in [5.41, 5.74) is 0.976. The fourth-order valence-corrected chi connectivity index (χ4v) is 2.70. The van der Waals surface area contributed by atoms with Crippen molar-refractivity contribution in [2.45, 2.75) is 6.92 Å². The van der Waals surface area contributed by atoms with E-state index in [-0.39, 0.29) is 22.3 Å². The van der Waals surface area contributed by atoms with Gasteiger partial charge in [0.1, 0.15) is 0 Å². The van der Waals surface area contributed by atoms with Gasteiger partial charge >= 0.3 is 5.97 Å². The molecule has 116 valence electrons. The van der Waals surface area contributed by atoms with Crippen LogP contribution in [0.25, 0.3) is 22.3 Å². The predicted octanol–water partition coefficient (Wildman–Crippen LogP) is 4.21. The van der Waals surface area contributed by atoms with Crippen LogP contribution in [-0.2, 0) is 4.74 Å². The van der Waals surface area contributed by atoms with E-state index in [1.54, 1.807) is 43.3 Å². The van der Waals surface area contributed by atoms with Crippen LogP contribution in [-0.4, -0.2) is 13.1 Å². The highest BCUT2D eigenvalue weighted by Gasteiger charge is 2.24. The number of methoxy groups -OCH3 is 1. The number of hydrogen-bond acceptors (Lipinski definition) is 4. The first kappa shape index (κ1) is 15.3. The molecule has 1 heterocycles. The van der Waals surface area contributed by atoms with E-state index in [1.807, 2.05) is 6.07 Å². The molecule has 0 aliphatic carbocycles. The van der Waals surface area contributed by atoms with E-state index in [1.165, 1.54) is 7.11 Å². The molecule has 0 radical (unpaired) electrons. The Bertz CT molecular complexity index is 958. The third kappa shape index (κ3) is 2.51. The molecule has 0 aliphatic rings. The Balaban J connectivity index is 2.50. The molecular weight excluding hydrogens is 316 g/mol. The third-order valence-corrected chi connectivity index (χ3v) is 3.93. The molecule has 4 nitrogen and oxygen atoms in total. The normalized spacial score (nSPS) is 10.7.